The van der Waals surface area contributed by atoms with Gasteiger partial charge in [-0.1, -0.05) is 29.8 Å². The van der Waals surface area contributed by atoms with Gasteiger partial charge in [-0.2, -0.15) is 0 Å². The van der Waals surface area contributed by atoms with Gasteiger partial charge in [0.1, 0.15) is 0 Å². The molecule has 3 nitrogen and oxygen atoms in total. The molecule has 2 bridgehead atoms. The molecule has 0 spiro atoms. The Bertz CT molecular complexity index is 491. The SMILES string of the molecule is C[C@@H](NC(=O)C1CC2CCC1N2)c1ccccc1Cl. The van der Waals surface area contributed by atoms with Gasteiger partial charge >= 0.3 is 0 Å². The highest BCUT2D eigenvalue weighted by molar-refractivity contribution is 6.31. The molecule has 4 heteroatoms. The predicted molar refractivity (Wildman–Crippen MR) is 76.1 cm³/mol. The van der Waals surface area contributed by atoms with Gasteiger partial charge in [0.15, 0.2) is 0 Å². The first kappa shape index (κ1) is 12.9. The van der Waals surface area contributed by atoms with E-state index in [9.17, 15) is 4.79 Å². The first-order chi connectivity index (χ1) is 9.15. The van der Waals surface area contributed by atoms with Crippen LogP contribution in [-0.2, 0) is 4.79 Å². The van der Waals surface area contributed by atoms with Crippen molar-refractivity contribution >= 4 is 17.5 Å². The second-order valence-corrected chi connectivity index (χ2v) is 6.05. The Balaban J connectivity index is 1.65. The van der Waals surface area contributed by atoms with Crippen molar-refractivity contribution in [3.05, 3.63) is 34.9 Å². The van der Waals surface area contributed by atoms with Crippen LogP contribution in [0.1, 0.15) is 37.8 Å². The van der Waals surface area contributed by atoms with Crippen LogP contribution >= 0.6 is 11.6 Å². The standard InChI is InChI=1S/C15H19ClN2O/c1-9(11-4-2-3-5-13(11)16)17-15(19)12-8-10-6-7-14(12)18-10/h2-5,9-10,12,14,18H,6-8H2,1H3,(H,17,19)/t9-,10?,12?,14?/m1/s1. The van der Waals surface area contributed by atoms with Crippen molar-refractivity contribution in [1.82, 2.24) is 10.6 Å². The number of carbonyl (C=O) groups is 1. The summed E-state index contributed by atoms with van der Waals surface area (Å²) in [6.07, 6.45) is 3.32. The summed E-state index contributed by atoms with van der Waals surface area (Å²) in [7, 11) is 0. The fourth-order valence-electron chi connectivity index (χ4n) is 3.34. The van der Waals surface area contributed by atoms with Crippen molar-refractivity contribution < 1.29 is 4.79 Å². The molecule has 1 aromatic rings. The third kappa shape index (κ3) is 2.49. The van der Waals surface area contributed by atoms with E-state index in [1.54, 1.807) is 0 Å². The van der Waals surface area contributed by atoms with E-state index in [4.69, 9.17) is 11.6 Å². The molecule has 102 valence electrons. The molecule has 3 rings (SSSR count). The maximum Gasteiger partial charge on any atom is 0.225 e. The van der Waals surface area contributed by atoms with E-state index in [1.165, 1.54) is 6.42 Å². The molecule has 2 aliphatic heterocycles. The summed E-state index contributed by atoms with van der Waals surface area (Å²) in [4.78, 5) is 12.3. The second-order valence-electron chi connectivity index (χ2n) is 5.64. The molecular formula is C15H19ClN2O. The minimum atomic E-state index is -0.0414. The topological polar surface area (TPSA) is 41.1 Å². The van der Waals surface area contributed by atoms with Gasteiger partial charge in [0.05, 0.1) is 12.0 Å². The Morgan fingerprint density at radius 1 is 1.42 bits per heavy atom. The van der Waals surface area contributed by atoms with Gasteiger partial charge in [-0.3, -0.25) is 4.79 Å². The zero-order valence-electron chi connectivity index (χ0n) is 11.0. The monoisotopic (exact) mass is 278 g/mol. The van der Waals surface area contributed by atoms with Crippen LogP contribution < -0.4 is 10.6 Å². The number of benzene rings is 1. The van der Waals surface area contributed by atoms with E-state index < -0.39 is 0 Å². The first-order valence-corrected chi connectivity index (χ1v) is 7.34. The predicted octanol–water partition coefficient (Wildman–Crippen LogP) is 2.66. The number of halogens is 1. The Labute approximate surface area is 118 Å². The van der Waals surface area contributed by atoms with Crippen molar-refractivity contribution in [3.8, 4) is 0 Å². The third-order valence-electron chi connectivity index (χ3n) is 4.37. The lowest BCUT2D eigenvalue weighted by molar-refractivity contribution is -0.126. The van der Waals surface area contributed by atoms with E-state index >= 15 is 0 Å². The van der Waals surface area contributed by atoms with Crippen LogP contribution in [-0.4, -0.2) is 18.0 Å². The summed E-state index contributed by atoms with van der Waals surface area (Å²) in [5.74, 6) is 0.288. The highest BCUT2D eigenvalue weighted by Crippen LogP contribution is 2.34. The molecule has 0 saturated carbocycles. The Morgan fingerprint density at radius 2 is 2.21 bits per heavy atom. The maximum absolute atomic E-state index is 12.3. The smallest absolute Gasteiger partial charge is 0.225 e. The van der Waals surface area contributed by atoms with Crippen LogP contribution in [0.15, 0.2) is 24.3 Å². The lowest BCUT2D eigenvalue weighted by Gasteiger charge is -2.23. The molecule has 19 heavy (non-hydrogen) atoms. The van der Waals surface area contributed by atoms with Gasteiger partial charge < -0.3 is 10.6 Å². The minimum absolute atomic E-state index is 0.0414. The third-order valence-corrected chi connectivity index (χ3v) is 4.71. The quantitative estimate of drug-likeness (QED) is 0.892. The molecule has 2 saturated heterocycles. The van der Waals surface area contributed by atoms with Crippen LogP contribution in [0.4, 0.5) is 0 Å². The van der Waals surface area contributed by atoms with Crippen molar-refractivity contribution in [1.29, 1.82) is 0 Å². The van der Waals surface area contributed by atoms with Crippen molar-refractivity contribution in [3.63, 3.8) is 0 Å². The molecule has 0 radical (unpaired) electrons. The minimum Gasteiger partial charge on any atom is -0.349 e. The fraction of sp³-hybridized carbons (Fsp3) is 0.533. The zero-order valence-corrected chi connectivity index (χ0v) is 11.8. The molecule has 2 aliphatic rings. The van der Waals surface area contributed by atoms with E-state index in [2.05, 4.69) is 10.6 Å². The van der Waals surface area contributed by atoms with E-state index in [1.807, 2.05) is 31.2 Å². The lowest BCUT2D eigenvalue weighted by Crippen LogP contribution is -2.38. The highest BCUT2D eigenvalue weighted by Gasteiger charge is 2.42. The number of fused-ring (bicyclic) bond motifs is 2. The highest BCUT2D eigenvalue weighted by atomic mass is 35.5. The van der Waals surface area contributed by atoms with Crippen molar-refractivity contribution in [2.75, 3.05) is 0 Å². The van der Waals surface area contributed by atoms with E-state index in [0.29, 0.717) is 17.1 Å². The van der Waals surface area contributed by atoms with Gasteiger partial charge in [0.25, 0.3) is 0 Å². The molecule has 2 fully saturated rings. The van der Waals surface area contributed by atoms with Gasteiger partial charge in [0.2, 0.25) is 5.91 Å². The molecule has 1 aromatic carbocycles. The van der Waals surface area contributed by atoms with Gasteiger partial charge in [0, 0.05) is 17.1 Å². The largest absolute Gasteiger partial charge is 0.349 e. The van der Waals surface area contributed by atoms with Gasteiger partial charge in [-0.25, -0.2) is 0 Å². The average molecular weight is 279 g/mol. The Hall–Kier alpha value is -1.06. The van der Waals surface area contributed by atoms with Crippen LogP contribution in [0.25, 0.3) is 0 Å². The summed E-state index contributed by atoms with van der Waals surface area (Å²) in [5.41, 5.74) is 0.980. The van der Waals surface area contributed by atoms with Crippen LogP contribution in [0.2, 0.25) is 5.02 Å². The molecule has 3 unspecified atom stereocenters. The molecule has 1 amide bonds. The number of rotatable bonds is 3. The molecule has 4 atom stereocenters. The number of hydrogen-bond donors (Lipinski definition) is 2. The number of carbonyl (C=O) groups excluding carboxylic acids is 1. The fourth-order valence-corrected chi connectivity index (χ4v) is 3.64. The number of nitrogens with one attached hydrogen (secondary N) is 2. The van der Waals surface area contributed by atoms with Crippen molar-refractivity contribution in [2.45, 2.75) is 44.3 Å². The summed E-state index contributed by atoms with van der Waals surface area (Å²) in [6, 6.07) is 8.56. The lowest BCUT2D eigenvalue weighted by atomic mass is 9.88. The Morgan fingerprint density at radius 3 is 2.84 bits per heavy atom. The van der Waals surface area contributed by atoms with Gasteiger partial charge in [-0.05, 0) is 37.8 Å². The molecule has 2 N–H and O–H groups in total. The molecular weight excluding hydrogens is 260 g/mol. The molecule has 2 heterocycles. The maximum atomic E-state index is 12.3. The zero-order chi connectivity index (χ0) is 13.4. The normalized spacial score (nSPS) is 30.3. The summed E-state index contributed by atoms with van der Waals surface area (Å²) in [5, 5.41) is 7.31. The molecule has 0 aliphatic carbocycles. The number of amides is 1. The summed E-state index contributed by atoms with van der Waals surface area (Å²) >= 11 is 6.16. The average Bonchev–Trinajstić information content (AvgIpc) is 3.01. The Kier molecular flexibility index (Phi) is 3.50. The van der Waals surface area contributed by atoms with Gasteiger partial charge in [-0.15, -0.1) is 0 Å². The van der Waals surface area contributed by atoms with Crippen LogP contribution in [0.5, 0.6) is 0 Å². The van der Waals surface area contributed by atoms with Crippen LogP contribution in [0.3, 0.4) is 0 Å². The summed E-state index contributed by atoms with van der Waals surface area (Å²) < 4.78 is 0. The first-order valence-electron chi connectivity index (χ1n) is 6.96. The second kappa shape index (κ2) is 5.14. The van der Waals surface area contributed by atoms with Crippen molar-refractivity contribution in [2.24, 2.45) is 5.92 Å². The summed E-state index contributed by atoms with van der Waals surface area (Å²) in [6.45, 7) is 1.99. The number of hydrogen-bond acceptors (Lipinski definition) is 2. The molecule has 0 aromatic heterocycles. The van der Waals surface area contributed by atoms with Crippen LogP contribution in [0, 0.1) is 5.92 Å². The van der Waals surface area contributed by atoms with E-state index in [-0.39, 0.29) is 17.9 Å². The van der Waals surface area contributed by atoms with E-state index in [0.717, 1.165) is 18.4 Å².